The topological polar surface area (TPSA) is 57.6 Å². The van der Waals surface area contributed by atoms with Crippen LogP contribution in [0.5, 0.6) is 0 Å². The van der Waals surface area contributed by atoms with Gasteiger partial charge in [0.1, 0.15) is 0 Å². The second-order valence-electron chi connectivity index (χ2n) is 4.01. The van der Waals surface area contributed by atoms with Crippen LogP contribution in [-0.2, 0) is 9.59 Å². The quantitative estimate of drug-likeness (QED) is 0.776. The van der Waals surface area contributed by atoms with E-state index in [2.05, 4.69) is 0 Å². The fourth-order valence-corrected chi connectivity index (χ4v) is 2.10. The van der Waals surface area contributed by atoms with Crippen LogP contribution in [0.3, 0.4) is 0 Å². The number of rotatable bonds is 2. The number of carbonyl (C=O) groups is 2. The molecule has 0 aromatic carbocycles. The van der Waals surface area contributed by atoms with Crippen molar-refractivity contribution in [1.82, 2.24) is 4.90 Å². The number of amides is 1. The number of piperidine rings is 1. The second kappa shape index (κ2) is 4.72. The minimum atomic E-state index is -4.91. The molecule has 0 aromatic rings. The van der Waals surface area contributed by atoms with E-state index in [1.54, 1.807) is 0 Å². The van der Waals surface area contributed by atoms with Crippen LogP contribution in [0.1, 0.15) is 12.8 Å². The predicted molar refractivity (Wildman–Crippen MR) is 52.7 cm³/mol. The van der Waals surface area contributed by atoms with Crippen molar-refractivity contribution in [3.63, 3.8) is 0 Å². The van der Waals surface area contributed by atoms with E-state index in [9.17, 15) is 22.8 Å². The molecule has 1 heterocycles. The van der Waals surface area contributed by atoms with Gasteiger partial charge in [-0.3, -0.25) is 9.59 Å². The van der Waals surface area contributed by atoms with Gasteiger partial charge in [0.05, 0.1) is 5.41 Å². The summed E-state index contributed by atoms with van der Waals surface area (Å²) in [7, 11) is 0. The summed E-state index contributed by atoms with van der Waals surface area (Å²) in [4.78, 5) is 22.5. The van der Waals surface area contributed by atoms with Crippen LogP contribution in [-0.4, -0.2) is 47.0 Å². The van der Waals surface area contributed by atoms with Crippen LogP contribution in [0.15, 0.2) is 0 Å². The molecule has 1 rings (SSSR count). The molecule has 1 aliphatic heterocycles. The number of likely N-dealkylation sites (tertiary alicyclic amines) is 1. The molecule has 1 aliphatic rings. The van der Waals surface area contributed by atoms with Gasteiger partial charge in [-0.15, -0.1) is 11.6 Å². The summed E-state index contributed by atoms with van der Waals surface area (Å²) in [5.41, 5.74) is -1.22. The van der Waals surface area contributed by atoms with Crippen molar-refractivity contribution < 1.29 is 27.9 Å². The van der Waals surface area contributed by atoms with E-state index >= 15 is 0 Å². The van der Waals surface area contributed by atoms with Crippen LogP contribution in [0.25, 0.3) is 0 Å². The summed E-state index contributed by atoms with van der Waals surface area (Å²) in [6.45, 7) is -0.477. The fraction of sp³-hybridized carbons (Fsp3) is 0.778. The monoisotopic (exact) mass is 273 g/mol. The summed E-state index contributed by atoms with van der Waals surface area (Å²) in [5, 5.41) is 8.96. The van der Waals surface area contributed by atoms with E-state index in [0.717, 1.165) is 0 Å². The highest BCUT2D eigenvalue weighted by Crippen LogP contribution is 2.34. The molecule has 0 aromatic heterocycles. The first kappa shape index (κ1) is 14.1. The smallest absolute Gasteiger partial charge is 0.471 e. The number of carboxylic acids is 1. The van der Waals surface area contributed by atoms with E-state index in [1.807, 2.05) is 0 Å². The van der Waals surface area contributed by atoms with E-state index in [-0.39, 0.29) is 31.8 Å². The lowest BCUT2D eigenvalue weighted by atomic mass is 9.80. The molecule has 8 heteroatoms. The zero-order valence-corrected chi connectivity index (χ0v) is 9.51. The molecule has 0 aliphatic carbocycles. The Bertz CT molecular complexity index is 324. The molecule has 17 heavy (non-hydrogen) atoms. The van der Waals surface area contributed by atoms with Crippen LogP contribution >= 0.6 is 11.6 Å². The van der Waals surface area contributed by atoms with Crippen molar-refractivity contribution >= 4 is 23.5 Å². The maximum absolute atomic E-state index is 12.1. The van der Waals surface area contributed by atoms with Crippen molar-refractivity contribution in [1.29, 1.82) is 0 Å². The highest BCUT2D eigenvalue weighted by Gasteiger charge is 2.47. The number of hydrogen-bond donors (Lipinski definition) is 1. The van der Waals surface area contributed by atoms with Gasteiger partial charge in [0.25, 0.3) is 0 Å². The Balaban J connectivity index is 2.68. The standard InChI is InChI=1S/C9H11ClF3NO3/c10-5-8(7(16)17)1-3-14(4-2-8)6(15)9(11,12)13/h1-5H2,(H,16,17). The maximum Gasteiger partial charge on any atom is 0.471 e. The van der Waals surface area contributed by atoms with E-state index in [4.69, 9.17) is 16.7 Å². The largest absolute Gasteiger partial charge is 0.481 e. The first-order valence-corrected chi connectivity index (χ1v) is 5.42. The molecule has 1 saturated heterocycles. The third kappa shape index (κ3) is 2.83. The Labute approximate surface area is 100 Å². The molecular formula is C9H11ClF3NO3. The third-order valence-electron chi connectivity index (χ3n) is 2.96. The van der Waals surface area contributed by atoms with Crippen LogP contribution < -0.4 is 0 Å². The Hall–Kier alpha value is -0.980. The normalized spacial score (nSPS) is 20.1. The fourth-order valence-electron chi connectivity index (χ4n) is 1.72. The first-order chi connectivity index (χ1) is 7.73. The summed E-state index contributed by atoms with van der Waals surface area (Å²) >= 11 is 5.54. The molecule has 0 unspecified atom stereocenters. The summed E-state index contributed by atoms with van der Waals surface area (Å²) < 4.78 is 36.4. The van der Waals surface area contributed by atoms with Gasteiger partial charge in [-0.2, -0.15) is 13.2 Å². The number of carboxylic acid groups (broad SMARTS) is 1. The Kier molecular flexibility index (Phi) is 3.91. The van der Waals surface area contributed by atoms with Gasteiger partial charge in [-0.05, 0) is 12.8 Å². The van der Waals surface area contributed by atoms with Crippen LogP contribution in [0, 0.1) is 5.41 Å². The van der Waals surface area contributed by atoms with Gasteiger partial charge >= 0.3 is 18.1 Å². The van der Waals surface area contributed by atoms with Crippen molar-refractivity contribution in [3.8, 4) is 0 Å². The minimum Gasteiger partial charge on any atom is -0.481 e. The number of aliphatic carboxylic acids is 1. The average Bonchev–Trinajstić information content (AvgIpc) is 2.26. The lowest BCUT2D eigenvalue weighted by molar-refractivity contribution is -0.188. The van der Waals surface area contributed by atoms with Gasteiger partial charge < -0.3 is 10.0 Å². The summed E-state index contributed by atoms with van der Waals surface area (Å²) in [6, 6.07) is 0. The molecule has 0 bridgehead atoms. The van der Waals surface area contributed by atoms with E-state index < -0.39 is 23.5 Å². The van der Waals surface area contributed by atoms with Crippen molar-refractivity contribution in [2.24, 2.45) is 5.41 Å². The number of carbonyl (C=O) groups excluding carboxylic acids is 1. The van der Waals surface area contributed by atoms with Gasteiger partial charge in [-0.1, -0.05) is 0 Å². The zero-order valence-electron chi connectivity index (χ0n) is 8.76. The molecule has 98 valence electrons. The van der Waals surface area contributed by atoms with Gasteiger partial charge in [0.2, 0.25) is 0 Å². The maximum atomic E-state index is 12.1. The average molecular weight is 274 g/mol. The lowest BCUT2D eigenvalue weighted by Gasteiger charge is -2.37. The zero-order chi connectivity index (χ0) is 13.3. The minimum absolute atomic E-state index is 0.0619. The molecule has 1 fully saturated rings. The number of alkyl halides is 4. The highest BCUT2D eigenvalue weighted by molar-refractivity contribution is 6.19. The van der Waals surface area contributed by atoms with Crippen molar-refractivity contribution in [2.75, 3.05) is 19.0 Å². The molecule has 1 N–H and O–H groups in total. The third-order valence-corrected chi connectivity index (χ3v) is 3.47. The number of nitrogens with zero attached hydrogens (tertiary/aromatic N) is 1. The molecule has 0 atom stereocenters. The van der Waals surface area contributed by atoms with Gasteiger partial charge in [-0.25, -0.2) is 0 Å². The summed E-state index contributed by atoms with van der Waals surface area (Å²) in [6.07, 6.45) is -5.04. The van der Waals surface area contributed by atoms with Gasteiger partial charge in [0, 0.05) is 19.0 Å². The molecule has 0 spiro atoms. The molecule has 0 radical (unpaired) electrons. The second-order valence-corrected chi connectivity index (χ2v) is 4.28. The first-order valence-electron chi connectivity index (χ1n) is 4.88. The lowest BCUT2D eigenvalue weighted by Crippen LogP contribution is -2.50. The molecule has 1 amide bonds. The van der Waals surface area contributed by atoms with Crippen LogP contribution in [0.2, 0.25) is 0 Å². The Morgan fingerprint density at radius 3 is 2.06 bits per heavy atom. The molecule has 0 saturated carbocycles. The summed E-state index contributed by atoms with van der Waals surface area (Å²) in [5.74, 6) is -3.23. The molecule has 4 nitrogen and oxygen atoms in total. The van der Waals surface area contributed by atoms with Gasteiger partial charge in [0.15, 0.2) is 0 Å². The Morgan fingerprint density at radius 2 is 1.76 bits per heavy atom. The Morgan fingerprint density at radius 1 is 1.29 bits per heavy atom. The van der Waals surface area contributed by atoms with E-state index in [0.29, 0.717) is 4.90 Å². The SMILES string of the molecule is O=C(N1CCC(CCl)(C(=O)O)CC1)C(F)(F)F. The van der Waals surface area contributed by atoms with Crippen molar-refractivity contribution in [2.45, 2.75) is 19.0 Å². The number of hydrogen-bond acceptors (Lipinski definition) is 2. The molecular weight excluding hydrogens is 263 g/mol. The van der Waals surface area contributed by atoms with Crippen LogP contribution in [0.4, 0.5) is 13.2 Å². The predicted octanol–water partition coefficient (Wildman–Crippen LogP) is 1.48. The highest BCUT2D eigenvalue weighted by atomic mass is 35.5. The number of halogens is 4. The van der Waals surface area contributed by atoms with Crippen molar-refractivity contribution in [3.05, 3.63) is 0 Å². The van der Waals surface area contributed by atoms with E-state index in [1.165, 1.54) is 0 Å².